The molecule has 1 fully saturated rings. The van der Waals surface area contributed by atoms with E-state index < -0.39 is 5.41 Å². The Kier molecular flexibility index (Phi) is 2.41. The molecule has 1 N–H and O–H groups in total. The molecule has 0 spiro atoms. The van der Waals surface area contributed by atoms with Crippen molar-refractivity contribution in [2.75, 3.05) is 0 Å². The van der Waals surface area contributed by atoms with Gasteiger partial charge >= 0.3 is 0 Å². The van der Waals surface area contributed by atoms with Gasteiger partial charge in [0.1, 0.15) is 5.75 Å². The summed E-state index contributed by atoms with van der Waals surface area (Å²) in [6, 6.07) is 6.57. The maximum atomic E-state index is 10.6. The van der Waals surface area contributed by atoms with Crippen molar-refractivity contribution in [3.63, 3.8) is 0 Å². The third kappa shape index (κ3) is 1.54. The van der Waals surface area contributed by atoms with Crippen LogP contribution in [0.2, 0.25) is 0 Å². The van der Waals surface area contributed by atoms with Crippen molar-refractivity contribution in [3.8, 4) is 11.8 Å². The molecule has 1 aromatic carbocycles. The number of nitrogens with zero attached hydrogens (tertiary/aromatic N) is 1. The van der Waals surface area contributed by atoms with Gasteiger partial charge in [0.25, 0.3) is 0 Å². The molecule has 3 rings (SSSR count). The molecule has 18 heavy (non-hydrogen) atoms. The van der Waals surface area contributed by atoms with Gasteiger partial charge in [-0.25, -0.2) is 0 Å². The summed E-state index contributed by atoms with van der Waals surface area (Å²) in [6.45, 7) is 4.14. The molecule has 2 aliphatic rings. The fourth-order valence-corrected chi connectivity index (χ4v) is 3.31. The molecular weight excluding hydrogens is 222 g/mol. The van der Waals surface area contributed by atoms with E-state index in [-0.39, 0.29) is 0 Å². The monoisotopic (exact) mass is 241 g/mol. The zero-order valence-corrected chi connectivity index (χ0v) is 11.0. The maximum absolute atomic E-state index is 10.6. The Hall–Kier alpha value is -1.49. The highest BCUT2D eigenvalue weighted by atomic mass is 16.3. The number of aromatic hydroxyl groups is 1. The highest BCUT2D eigenvalue weighted by molar-refractivity contribution is 5.56. The second-order valence-corrected chi connectivity index (χ2v) is 6.11. The van der Waals surface area contributed by atoms with Crippen LogP contribution in [0.1, 0.15) is 55.7 Å². The fraction of sp³-hybridized carbons (Fsp3) is 0.562. The Bertz CT molecular complexity index is 539. The molecule has 2 heteroatoms. The minimum absolute atomic E-state index is 0.397. The van der Waals surface area contributed by atoms with E-state index in [0.29, 0.717) is 11.7 Å². The summed E-state index contributed by atoms with van der Waals surface area (Å²) in [6.07, 6.45) is 4.28. The molecule has 94 valence electrons. The fourth-order valence-electron chi connectivity index (χ4n) is 3.31. The highest BCUT2D eigenvalue weighted by Crippen LogP contribution is 2.50. The third-order valence-electron chi connectivity index (χ3n) is 4.81. The first kappa shape index (κ1) is 11.6. The Balaban J connectivity index is 2.11. The number of phenolic OH excluding ortho intramolecular Hbond substituents is 1. The van der Waals surface area contributed by atoms with Crippen LogP contribution in [0.15, 0.2) is 12.1 Å². The quantitative estimate of drug-likeness (QED) is 0.859. The van der Waals surface area contributed by atoms with Crippen LogP contribution in [-0.4, -0.2) is 5.11 Å². The molecule has 0 radical (unpaired) electrons. The highest BCUT2D eigenvalue weighted by Gasteiger charge is 2.39. The van der Waals surface area contributed by atoms with Gasteiger partial charge in [-0.15, -0.1) is 0 Å². The Morgan fingerprint density at radius 3 is 2.78 bits per heavy atom. The van der Waals surface area contributed by atoms with Crippen LogP contribution < -0.4 is 0 Å². The van der Waals surface area contributed by atoms with Crippen LogP contribution in [0, 0.1) is 17.2 Å². The number of hydrogen-bond acceptors (Lipinski definition) is 2. The summed E-state index contributed by atoms with van der Waals surface area (Å²) in [7, 11) is 0. The summed E-state index contributed by atoms with van der Waals surface area (Å²) in [5.41, 5.74) is 2.59. The van der Waals surface area contributed by atoms with Gasteiger partial charge in [0, 0.05) is 5.56 Å². The van der Waals surface area contributed by atoms with Crippen LogP contribution in [0.25, 0.3) is 0 Å². The van der Waals surface area contributed by atoms with Crippen LogP contribution >= 0.6 is 0 Å². The van der Waals surface area contributed by atoms with Crippen LogP contribution in [0.3, 0.4) is 0 Å². The molecule has 0 aliphatic heterocycles. The number of phenols is 1. The first-order chi connectivity index (χ1) is 8.57. The zero-order valence-electron chi connectivity index (χ0n) is 11.0. The van der Waals surface area contributed by atoms with E-state index in [0.717, 1.165) is 35.4 Å². The van der Waals surface area contributed by atoms with E-state index in [1.165, 1.54) is 12.8 Å². The minimum Gasteiger partial charge on any atom is -0.507 e. The average molecular weight is 241 g/mol. The van der Waals surface area contributed by atoms with Gasteiger partial charge in [0.05, 0.1) is 11.5 Å². The van der Waals surface area contributed by atoms with E-state index in [1.807, 2.05) is 6.92 Å². The average Bonchev–Trinajstić information content (AvgIpc) is 3.15. The second-order valence-electron chi connectivity index (χ2n) is 6.11. The van der Waals surface area contributed by atoms with Crippen LogP contribution in [-0.2, 0) is 11.8 Å². The van der Waals surface area contributed by atoms with Gasteiger partial charge in [-0.1, -0.05) is 19.1 Å². The summed E-state index contributed by atoms with van der Waals surface area (Å²) in [5, 5.41) is 20.0. The van der Waals surface area contributed by atoms with E-state index >= 15 is 0 Å². The van der Waals surface area contributed by atoms with Crippen molar-refractivity contribution in [3.05, 3.63) is 28.8 Å². The lowest BCUT2D eigenvalue weighted by Crippen LogP contribution is -2.15. The number of rotatable bonds is 2. The van der Waals surface area contributed by atoms with Crippen molar-refractivity contribution in [2.24, 2.45) is 5.92 Å². The molecule has 0 aromatic heterocycles. The van der Waals surface area contributed by atoms with Crippen molar-refractivity contribution >= 4 is 0 Å². The molecular formula is C16H19NO. The lowest BCUT2D eigenvalue weighted by atomic mass is 9.82. The summed E-state index contributed by atoms with van der Waals surface area (Å²) < 4.78 is 0. The van der Waals surface area contributed by atoms with Crippen molar-refractivity contribution in [2.45, 2.75) is 50.9 Å². The van der Waals surface area contributed by atoms with Crippen LogP contribution in [0.5, 0.6) is 5.75 Å². The number of benzene rings is 1. The van der Waals surface area contributed by atoms with Gasteiger partial charge in [-0.3, -0.25) is 0 Å². The lowest BCUT2D eigenvalue weighted by Gasteiger charge is -2.21. The van der Waals surface area contributed by atoms with E-state index in [2.05, 4.69) is 25.1 Å². The van der Waals surface area contributed by atoms with Crippen molar-refractivity contribution < 1.29 is 5.11 Å². The molecule has 0 saturated heterocycles. The Labute approximate surface area is 108 Å². The van der Waals surface area contributed by atoms with E-state index in [9.17, 15) is 10.4 Å². The molecule has 1 saturated carbocycles. The molecule has 2 nitrogen and oxygen atoms in total. The third-order valence-corrected chi connectivity index (χ3v) is 4.81. The standard InChI is InChI=1S/C16H19NO/c1-10(11-3-4-11)13-6-5-12-7-8-16(2,9-17)14(12)15(13)18/h5-6,10-11,18H,3-4,7-8H2,1-2H3. The van der Waals surface area contributed by atoms with Gasteiger partial charge < -0.3 is 5.11 Å². The molecule has 0 bridgehead atoms. The number of aryl methyl sites for hydroxylation is 1. The molecule has 0 amide bonds. The van der Waals surface area contributed by atoms with Crippen molar-refractivity contribution in [1.82, 2.24) is 0 Å². The SMILES string of the molecule is CC(c1ccc2c(c1O)C(C)(C#N)CC2)C1CC1. The van der Waals surface area contributed by atoms with Gasteiger partial charge in [0.15, 0.2) is 0 Å². The predicted molar refractivity (Wildman–Crippen MR) is 70.5 cm³/mol. The summed E-state index contributed by atoms with van der Waals surface area (Å²) >= 11 is 0. The molecule has 0 heterocycles. The molecule has 1 aromatic rings. The molecule has 2 unspecified atom stereocenters. The minimum atomic E-state index is -0.501. The van der Waals surface area contributed by atoms with E-state index in [4.69, 9.17) is 0 Å². The number of fused-ring (bicyclic) bond motifs is 1. The Morgan fingerprint density at radius 2 is 2.17 bits per heavy atom. The smallest absolute Gasteiger partial charge is 0.124 e. The Morgan fingerprint density at radius 1 is 1.44 bits per heavy atom. The van der Waals surface area contributed by atoms with Crippen LogP contribution in [0.4, 0.5) is 0 Å². The van der Waals surface area contributed by atoms with Gasteiger partial charge in [-0.05, 0) is 55.6 Å². The maximum Gasteiger partial charge on any atom is 0.124 e. The van der Waals surface area contributed by atoms with Gasteiger partial charge in [0.2, 0.25) is 0 Å². The van der Waals surface area contributed by atoms with Gasteiger partial charge in [-0.2, -0.15) is 5.26 Å². The second kappa shape index (κ2) is 3.75. The lowest BCUT2D eigenvalue weighted by molar-refractivity contribution is 0.440. The topological polar surface area (TPSA) is 44.0 Å². The largest absolute Gasteiger partial charge is 0.507 e. The number of nitriles is 1. The summed E-state index contributed by atoms with van der Waals surface area (Å²) in [4.78, 5) is 0. The molecule has 2 atom stereocenters. The first-order valence-corrected chi connectivity index (χ1v) is 6.83. The van der Waals surface area contributed by atoms with Crippen molar-refractivity contribution in [1.29, 1.82) is 5.26 Å². The predicted octanol–water partition coefficient (Wildman–Crippen LogP) is 3.63. The van der Waals surface area contributed by atoms with E-state index in [1.54, 1.807) is 0 Å². The summed E-state index contributed by atoms with van der Waals surface area (Å²) in [5.74, 6) is 1.54. The number of hydrogen-bond donors (Lipinski definition) is 1. The zero-order chi connectivity index (χ0) is 12.9. The normalized spacial score (nSPS) is 27.6. The first-order valence-electron chi connectivity index (χ1n) is 6.83. The molecule has 2 aliphatic carbocycles.